The molecule has 2 N–H and O–H groups in total. The molecule has 156 valence electrons. The Morgan fingerprint density at radius 1 is 0.871 bits per heavy atom. The van der Waals surface area contributed by atoms with Crippen LogP contribution in [0.25, 0.3) is 0 Å². The van der Waals surface area contributed by atoms with Crippen LogP contribution in [0.4, 0.5) is 0 Å². The Labute approximate surface area is 182 Å². The van der Waals surface area contributed by atoms with E-state index in [2.05, 4.69) is 5.32 Å². The molecule has 0 aliphatic heterocycles. The van der Waals surface area contributed by atoms with Crippen LogP contribution in [0.5, 0.6) is 5.75 Å². The molecule has 0 heterocycles. The Kier molecular flexibility index (Phi) is 7.84. The van der Waals surface area contributed by atoms with E-state index in [9.17, 15) is 15.2 Å². The van der Waals surface area contributed by atoms with Crippen molar-refractivity contribution >= 4 is 5.91 Å². The molecule has 0 aromatic heterocycles. The minimum Gasteiger partial charge on any atom is -0.508 e. The van der Waals surface area contributed by atoms with Gasteiger partial charge in [0.25, 0.3) is 5.91 Å². The molecule has 0 aliphatic rings. The van der Waals surface area contributed by atoms with Crippen LogP contribution in [0, 0.1) is 11.3 Å². The molecule has 0 radical (unpaired) electrons. The number of nitrogens with one attached hydrogen (secondary N) is 1. The standard InChI is InChI=1S/C26H25N3O2/c27-17-24(26(31)28-16-15-21-11-13-25(30)14-12-21)20-29(18-22-7-3-1-4-8-22)19-23-9-5-2-6-10-23/h1-14,20,30H,15-16,18-19H2,(H,28,31)/b24-20-. The molecule has 0 spiro atoms. The maximum Gasteiger partial charge on any atom is 0.263 e. The fraction of sp³-hybridized carbons (Fsp3) is 0.154. The first-order valence-electron chi connectivity index (χ1n) is 10.1. The average molecular weight is 412 g/mol. The largest absolute Gasteiger partial charge is 0.508 e. The number of hydrogen-bond donors (Lipinski definition) is 2. The van der Waals surface area contributed by atoms with Crippen molar-refractivity contribution in [2.24, 2.45) is 0 Å². The minimum absolute atomic E-state index is 0.0672. The van der Waals surface area contributed by atoms with Crippen molar-refractivity contribution in [3.05, 3.63) is 113 Å². The van der Waals surface area contributed by atoms with Crippen molar-refractivity contribution in [2.75, 3.05) is 6.54 Å². The van der Waals surface area contributed by atoms with Crippen molar-refractivity contribution in [1.82, 2.24) is 10.2 Å². The van der Waals surface area contributed by atoms with Gasteiger partial charge in [-0.3, -0.25) is 4.79 Å². The van der Waals surface area contributed by atoms with E-state index in [4.69, 9.17) is 0 Å². The lowest BCUT2D eigenvalue weighted by atomic mass is 10.1. The molecule has 3 rings (SSSR count). The van der Waals surface area contributed by atoms with E-state index in [1.165, 1.54) is 0 Å². The van der Waals surface area contributed by atoms with E-state index in [0.717, 1.165) is 16.7 Å². The summed E-state index contributed by atoms with van der Waals surface area (Å²) in [6.07, 6.45) is 2.25. The van der Waals surface area contributed by atoms with Gasteiger partial charge in [0.2, 0.25) is 0 Å². The first-order valence-corrected chi connectivity index (χ1v) is 10.1. The molecular formula is C26H25N3O2. The quantitative estimate of drug-likeness (QED) is 0.409. The van der Waals surface area contributed by atoms with Gasteiger partial charge in [0.15, 0.2) is 0 Å². The van der Waals surface area contributed by atoms with Gasteiger partial charge < -0.3 is 15.3 Å². The number of rotatable bonds is 9. The topological polar surface area (TPSA) is 76.4 Å². The first-order chi connectivity index (χ1) is 15.1. The zero-order chi connectivity index (χ0) is 21.9. The van der Waals surface area contributed by atoms with Crippen molar-refractivity contribution in [3.63, 3.8) is 0 Å². The Morgan fingerprint density at radius 2 is 1.42 bits per heavy atom. The highest BCUT2D eigenvalue weighted by atomic mass is 16.3. The van der Waals surface area contributed by atoms with Crippen LogP contribution in [0.3, 0.4) is 0 Å². The lowest BCUT2D eigenvalue weighted by Crippen LogP contribution is -2.28. The molecule has 31 heavy (non-hydrogen) atoms. The van der Waals surface area contributed by atoms with Gasteiger partial charge in [-0.05, 0) is 35.2 Å². The smallest absolute Gasteiger partial charge is 0.263 e. The minimum atomic E-state index is -0.396. The Bertz CT molecular complexity index is 998. The maximum absolute atomic E-state index is 12.6. The highest BCUT2D eigenvalue weighted by Crippen LogP contribution is 2.13. The first kappa shape index (κ1) is 21.7. The summed E-state index contributed by atoms with van der Waals surface area (Å²) in [4.78, 5) is 14.6. The third-order valence-corrected chi connectivity index (χ3v) is 4.77. The lowest BCUT2D eigenvalue weighted by Gasteiger charge is -2.21. The predicted octanol–water partition coefficient (Wildman–Crippen LogP) is 4.16. The van der Waals surface area contributed by atoms with Gasteiger partial charge in [0.05, 0.1) is 0 Å². The van der Waals surface area contributed by atoms with E-state index < -0.39 is 5.91 Å². The monoisotopic (exact) mass is 411 g/mol. The van der Waals surface area contributed by atoms with Crippen molar-refractivity contribution < 1.29 is 9.90 Å². The summed E-state index contributed by atoms with van der Waals surface area (Å²) in [6.45, 7) is 1.57. The van der Waals surface area contributed by atoms with E-state index >= 15 is 0 Å². The summed E-state index contributed by atoms with van der Waals surface area (Å²) < 4.78 is 0. The summed E-state index contributed by atoms with van der Waals surface area (Å²) in [6, 6.07) is 28.8. The lowest BCUT2D eigenvalue weighted by molar-refractivity contribution is -0.117. The van der Waals surface area contributed by atoms with Crippen LogP contribution in [0.15, 0.2) is 96.7 Å². The predicted molar refractivity (Wildman–Crippen MR) is 121 cm³/mol. The number of nitriles is 1. The van der Waals surface area contributed by atoms with Crippen molar-refractivity contribution in [2.45, 2.75) is 19.5 Å². The Hall–Kier alpha value is -4.04. The van der Waals surface area contributed by atoms with Gasteiger partial charge in [-0.2, -0.15) is 5.26 Å². The SMILES string of the molecule is N#C/C(=C/N(Cc1ccccc1)Cc1ccccc1)C(=O)NCCc1ccc(O)cc1. The number of phenols is 1. The summed E-state index contributed by atoms with van der Waals surface area (Å²) in [5.41, 5.74) is 3.26. The fourth-order valence-corrected chi connectivity index (χ4v) is 3.18. The number of phenolic OH excluding ortho intramolecular Hbond substituents is 1. The molecule has 5 heteroatoms. The molecule has 0 saturated carbocycles. The van der Waals surface area contributed by atoms with E-state index in [-0.39, 0.29) is 11.3 Å². The van der Waals surface area contributed by atoms with Crippen LogP contribution in [-0.2, 0) is 24.3 Å². The summed E-state index contributed by atoms with van der Waals surface area (Å²) >= 11 is 0. The molecule has 3 aromatic carbocycles. The molecule has 0 unspecified atom stereocenters. The van der Waals surface area contributed by atoms with Crippen LogP contribution < -0.4 is 5.32 Å². The van der Waals surface area contributed by atoms with Crippen LogP contribution in [0.1, 0.15) is 16.7 Å². The summed E-state index contributed by atoms with van der Waals surface area (Å²) in [5.74, 6) is -0.188. The molecule has 0 saturated heterocycles. The van der Waals surface area contributed by atoms with Crippen LogP contribution in [0.2, 0.25) is 0 Å². The van der Waals surface area contributed by atoms with Gasteiger partial charge >= 0.3 is 0 Å². The van der Waals surface area contributed by atoms with Gasteiger partial charge in [-0.1, -0.05) is 72.8 Å². The van der Waals surface area contributed by atoms with Gasteiger partial charge in [-0.15, -0.1) is 0 Å². The zero-order valence-electron chi connectivity index (χ0n) is 17.2. The molecule has 0 fully saturated rings. The van der Waals surface area contributed by atoms with Gasteiger partial charge in [-0.25, -0.2) is 0 Å². The van der Waals surface area contributed by atoms with E-state index in [0.29, 0.717) is 26.1 Å². The molecule has 0 bridgehead atoms. The van der Waals surface area contributed by atoms with Crippen LogP contribution in [-0.4, -0.2) is 22.5 Å². The molecule has 3 aromatic rings. The summed E-state index contributed by atoms with van der Waals surface area (Å²) in [5, 5.41) is 21.8. The Balaban J connectivity index is 1.68. The molecule has 0 aliphatic carbocycles. The second-order valence-corrected chi connectivity index (χ2v) is 7.20. The number of benzene rings is 3. The second kappa shape index (κ2) is 11.2. The van der Waals surface area contributed by atoms with E-state index in [1.54, 1.807) is 18.3 Å². The van der Waals surface area contributed by atoms with Gasteiger partial charge in [0, 0.05) is 25.8 Å². The van der Waals surface area contributed by atoms with E-state index in [1.807, 2.05) is 83.8 Å². The number of amides is 1. The highest BCUT2D eigenvalue weighted by molar-refractivity contribution is 5.97. The summed E-state index contributed by atoms with van der Waals surface area (Å²) in [7, 11) is 0. The molecule has 1 amide bonds. The third kappa shape index (κ3) is 7.06. The second-order valence-electron chi connectivity index (χ2n) is 7.20. The Morgan fingerprint density at radius 3 is 1.94 bits per heavy atom. The molecule has 5 nitrogen and oxygen atoms in total. The third-order valence-electron chi connectivity index (χ3n) is 4.77. The van der Waals surface area contributed by atoms with Crippen molar-refractivity contribution in [1.29, 1.82) is 5.26 Å². The zero-order valence-corrected chi connectivity index (χ0v) is 17.2. The van der Waals surface area contributed by atoms with Crippen LogP contribution >= 0.6 is 0 Å². The number of hydrogen-bond acceptors (Lipinski definition) is 4. The number of nitrogens with zero attached hydrogens (tertiary/aromatic N) is 2. The normalized spacial score (nSPS) is 10.9. The highest BCUT2D eigenvalue weighted by Gasteiger charge is 2.12. The number of carbonyl (C=O) groups is 1. The molecule has 0 atom stereocenters. The molecular weight excluding hydrogens is 386 g/mol. The van der Waals surface area contributed by atoms with Crippen molar-refractivity contribution in [3.8, 4) is 11.8 Å². The fourth-order valence-electron chi connectivity index (χ4n) is 3.18. The maximum atomic E-state index is 12.6. The average Bonchev–Trinajstić information content (AvgIpc) is 2.80. The van der Waals surface area contributed by atoms with Gasteiger partial charge in [0.1, 0.15) is 17.4 Å². The number of aromatic hydroxyl groups is 1. The number of carbonyl (C=O) groups excluding carboxylic acids is 1.